The fourth-order valence-electron chi connectivity index (χ4n) is 1.66. The lowest BCUT2D eigenvalue weighted by Crippen LogP contribution is -2.15. The Morgan fingerprint density at radius 3 is 2.40 bits per heavy atom. The second kappa shape index (κ2) is 5.49. The minimum atomic E-state index is -3.97. The highest BCUT2D eigenvalue weighted by atomic mass is 79.9. The van der Waals surface area contributed by atoms with Crippen molar-refractivity contribution >= 4 is 31.6 Å². The number of sulfonamides is 1. The monoisotopic (exact) mass is 361 g/mol. The quantitative estimate of drug-likeness (QED) is 0.844. The van der Waals surface area contributed by atoms with Gasteiger partial charge >= 0.3 is 0 Å². The molecule has 0 spiro atoms. The van der Waals surface area contributed by atoms with E-state index in [9.17, 15) is 17.2 Å². The summed E-state index contributed by atoms with van der Waals surface area (Å²) < 4.78 is 53.3. The van der Waals surface area contributed by atoms with E-state index in [2.05, 4.69) is 15.9 Å². The van der Waals surface area contributed by atoms with E-state index in [0.29, 0.717) is 5.56 Å². The molecule has 2 rings (SSSR count). The van der Waals surface area contributed by atoms with Gasteiger partial charge in [-0.2, -0.15) is 0 Å². The topological polar surface area (TPSA) is 46.2 Å². The lowest BCUT2D eigenvalue weighted by Gasteiger charge is -2.11. The summed E-state index contributed by atoms with van der Waals surface area (Å²) in [6.07, 6.45) is 0. The number of anilines is 1. The van der Waals surface area contributed by atoms with Crippen LogP contribution < -0.4 is 4.72 Å². The molecule has 0 radical (unpaired) electrons. The highest BCUT2D eigenvalue weighted by Gasteiger charge is 2.19. The maximum Gasteiger partial charge on any atom is 0.262 e. The number of halogens is 3. The summed E-state index contributed by atoms with van der Waals surface area (Å²) in [7, 11) is -3.97. The lowest BCUT2D eigenvalue weighted by atomic mass is 10.2. The molecule has 3 nitrogen and oxygen atoms in total. The number of benzene rings is 2. The van der Waals surface area contributed by atoms with Crippen LogP contribution in [0.5, 0.6) is 0 Å². The first-order valence-electron chi connectivity index (χ1n) is 5.54. The van der Waals surface area contributed by atoms with Crippen molar-refractivity contribution in [3.05, 3.63) is 58.1 Å². The van der Waals surface area contributed by atoms with Crippen LogP contribution in [0.25, 0.3) is 0 Å². The summed E-state index contributed by atoms with van der Waals surface area (Å²) in [5, 5.41) is 0. The van der Waals surface area contributed by atoms with Crippen molar-refractivity contribution in [3.8, 4) is 0 Å². The van der Waals surface area contributed by atoms with Gasteiger partial charge in [-0.25, -0.2) is 17.2 Å². The molecule has 0 heterocycles. The molecule has 0 aromatic heterocycles. The fraction of sp³-hybridized carbons (Fsp3) is 0.0769. The standard InChI is InChI=1S/C13H10BrF2NO2S/c1-8-4-2-3-5-13(8)20(18,19)17-12-7-10(15)9(14)6-11(12)16/h2-7,17H,1H3. The molecule has 7 heteroatoms. The van der Waals surface area contributed by atoms with E-state index in [0.717, 1.165) is 12.1 Å². The van der Waals surface area contributed by atoms with E-state index < -0.39 is 27.3 Å². The Labute approximate surface area is 123 Å². The smallest absolute Gasteiger partial charge is 0.262 e. The van der Waals surface area contributed by atoms with Crippen molar-refractivity contribution in [2.75, 3.05) is 4.72 Å². The molecule has 0 atom stereocenters. The zero-order valence-electron chi connectivity index (χ0n) is 10.3. The minimum Gasteiger partial charge on any atom is -0.277 e. The van der Waals surface area contributed by atoms with Crippen LogP contribution in [0.2, 0.25) is 0 Å². The van der Waals surface area contributed by atoms with Crippen molar-refractivity contribution in [2.45, 2.75) is 11.8 Å². The Bertz CT molecular complexity index is 763. The van der Waals surface area contributed by atoms with Crippen LogP contribution in [-0.4, -0.2) is 8.42 Å². The maximum atomic E-state index is 13.7. The molecular formula is C13H10BrF2NO2S. The van der Waals surface area contributed by atoms with Crippen LogP contribution >= 0.6 is 15.9 Å². The summed E-state index contributed by atoms with van der Waals surface area (Å²) in [5.41, 5.74) is 0.0759. The predicted octanol–water partition coefficient (Wildman–Crippen LogP) is 3.84. The molecule has 0 saturated carbocycles. The van der Waals surface area contributed by atoms with E-state index in [-0.39, 0.29) is 9.37 Å². The van der Waals surface area contributed by atoms with Gasteiger partial charge in [0.25, 0.3) is 10.0 Å². The van der Waals surface area contributed by atoms with Crippen LogP contribution in [0, 0.1) is 18.6 Å². The first-order valence-corrected chi connectivity index (χ1v) is 7.82. The Hall–Kier alpha value is -1.47. The second-order valence-corrected chi connectivity index (χ2v) is 6.62. The van der Waals surface area contributed by atoms with Crippen LogP contribution in [-0.2, 0) is 10.0 Å². The van der Waals surface area contributed by atoms with Crippen molar-refractivity contribution in [1.29, 1.82) is 0 Å². The molecule has 0 fully saturated rings. The SMILES string of the molecule is Cc1ccccc1S(=O)(=O)Nc1cc(F)c(Br)cc1F. The Kier molecular flexibility index (Phi) is 4.10. The van der Waals surface area contributed by atoms with E-state index >= 15 is 0 Å². The molecule has 106 valence electrons. The first kappa shape index (κ1) is 14.9. The summed E-state index contributed by atoms with van der Waals surface area (Å²) in [4.78, 5) is 0.0164. The van der Waals surface area contributed by atoms with Crippen LogP contribution in [0.3, 0.4) is 0 Å². The van der Waals surface area contributed by atoms with Gasteiger partial charge in [0.05, 0.1) is 15.1 Å². The molecule has 20 heavy (non-hydrogen) atoms. The minimum absolute atomic E-state index is 0.0164. The third-order valence-corrected chi connectivity index (χ3v) is 4.77. The number of aryl methyl sites for hydroxylation is 1. The highest BCUT2D eigenvalue weighted by molar-refractivity contribution is 9.10. The molecule has 0 bridgehead atoms. The summed E-state index contributed by atoms with van der Waals surface area (Å²) >= 11 is 2.82. The number of rotatable bonds is 3. The van der Waals surface area contributed by atoms with E-state index in [1.165, 1.54) is 6.07 Å². The number of hydrogen-bond acceptors (Lipinski definition) is 2. The summed E-state index contributed by atoms with van der Waals surface area (Å²) in [5.74, 6) is -1.62. The zero-order chi connectivity index (χ0) is 14.9. The van der Waals surface area contributed by atoms with Gasteiger partial charge < -0.3 is 0 Å². The van der Waals surface area contributed by atoms with E-state index in [1.54, 1.807) is 25.1 Å². The van der Waals surface area contributed by atoms with Gasteiger partial charge in [0, 0.05) is 6.07 Å². The van der Waals surface area contributed by atoms with Gasteiger partial charge in [-0.1, -0.05) is 18.2 Å². The van der Waals surface area contributed by atoms with Gasteiger partial charge in [0.15, 0.2) is 0 Å². The van der Waals surface area contributed by atoms with Crippen LogP contribution in [0.15, 0.2) is 45.8 Å². The van der Waals surface area contributed by atoms with Crippen molar-refractivity contribution in [2.24, 2.45) is 0 Å². The zero-order valence-corrected chi connectivity index (χ0v) is 12.7. The summed E-state index contributed by atoms with van der Waals surface area (Å²) in [6.45, 7) is 1.62. The van der Waals surface area contributed by atoms with Gasteiger partial charge in [-0.3, -0.25) is 4.72 Å². The molecule has 2 aromatic rings. The van der Waals surface area contributed by atoms with Crippen molar-refractivity contribution in [3.63, 3.8) is 0 Å². The molecular weight excluding hydrogens is 352 g/mol. The Morgan fingerprint density at radius 1 is 1.10 bits per heavy atom. The third kappa shape index (κ3) is 2.99. The first-order chi connectivity index (χ1) is 9.31. The molecule has 0 saturated heterocycles. The lowest BCUT2D eigenvalue weighted by molar-refractivity contribution is 0.591. The molecule has 0 aliphatic rings. The van der Waals surface area contributed by atoms with Gasteiger partial charge in [0.1, 0.15) is 11.6 Å². The number of nitrogens with one attached hydrogen (secondary N) is 1. The number of hydrogen-bond donors (Lipinski definition) is 1. The maximum absolute atomic E-state index is 13.7. The third-order valence-electron chi connectivity index (χ3n) is 2.64. The molecule has 0 aliphatic heterocycles. The summed E-state index contributed by atoms with van der Waals surface area (Å²) in [6, 6.07) is 7.91. The van der Waals surface area contributed by atoms with Crippen LogP contribution in [0.1, 0.15) is 5.56 Å². The largest absolute Gasteiger partial charge is 0.277 e. The molecule has 2 aromatic carbocycles. The van der Waals surface area contributed by atoms with E-state index in [1.807, 2.05) is 4.72 Å². The van der Waals surface area contributed by atoms with Gasteiger partial charge in [-0.15, -0.1) is 0 Å². The van der Waals surface area contributed by atoms with Crippen molar-refractivity contribution in [1.82, 2.24) is 0 Å². The molecule has 0 amide bonds. The highest BCUT2D eigenvalue weighted by Crippen LogP contribution is 2.26. The second-order valence-electron chi connectivity index (χ2n) is 4.12. The fourth-order valence-corrected chi connectivity index (χ4v) is 3.28. The Morgan fingerprint density at radius 2 is 1.75 bits per heavy atom. The predicted molar refractivity (Wildman–Crippen MR) is 76.0 cm³/mol. The normalized spacial score (nSPS) is 11.4. The average Bonchev–Trinajstić information content (AvgIpc) is 2.36. The van der Waals surface area contributed by atoms with Crippen molar-refractivity contribution < 1.29 is 17.2 Å². The molecule has 1 N–H and O–H groups in total. The molecule has 0 aliphatic carbocycles. The van der Waals surface area contributed by atoms with Gasteiger partial charge in [0.2, 0.25) is 0 Å². The average molecular weight is 362 g/mol. The van der Waals surface area contributed by atoms with Crippen LogP contribution in [0.4, 0.5) is 14.5 Å². The Balaban J connectivity index is 2.44. The van der Waals surface area contributed by atoms with Gasteiger partial charge in [-0.05, 0) is 40.5 Å². The van der Waals surface area contributed by atoms with E-state index in [4.69, 9.17) is 0 Å². The molecule has 0 unspecified atom stereocenters.